The average Bonchev–Trinajstić information content (AvgIpc) is 2.15. The SMILES string of the molecule is CCC(O)c1ccc(C(F)(F)F)cc1C. The number of aliphatic hydroxyl groups is 1. The van der Waals surface area contributed by atoms with Crippen LogP contribution in [0.3, 0.4) is 0 Å². The lowest BCUT2D eigenvalue weighted by molar-refractivity contribution is -0.137. The molecule has 1 aromatic carbocycles. The summed E-state index contributed by atoms with van der Waals surface area (Å²) in [5, 5.41) is 9.52. The van der Waals surface area contributed by atoms with E-state index in [2.05, 4.69) is 0 Å². The predicted octanol–water partition coefficient (Wildman–Crippen LogP) is 3.46. The fourth-order valence-electron chi connectivity index (χ4n) is 1.45. The minimum atomic E-state index is -4.32. The second-order valence-electron chi connectivity index (χ2n) is 3.49. The summed E-state index contributed by atoms with van der Waals surface area (Å²) in [7, 11) is 0. The molecule has 0 aliphatic rings. The molecular weight excluding hydrogens is 205 g/mol. The van der Waals surface area contributed by atoms with Crippen LogP contribution in [-0.2, 0) is 6.18 Å². The van der Waals surface area contributed by atoms with Gasteiger partial charge in [-0.2, -0.15) is 13.2 Å². The largest absolute Gasteiger partial charge is 0.416 e. The van der Waals surface area contributed by atoms with Crippen molar-refractivity contribution in [3.63, 3.8) is 0 Å². The highest BCUT2D eigenvalue weighted by atomic mass is 19.4. The molecule has 1 nitrogen and oxygen atoms in total. The zero-order chi connectivity index (χ0) is 11.6. The number of benzene rings is 1. The van der Waals surface area contributed by atoms with Gasteiger partial charge in [-0.05, 0) is 36.6 Å². The van der Waals surface area contributed by atoms with Gasteiger partial charge in [-0.1, -0.05) is 13.0 Å². The number of aryl methyl sites for hydroxylation is 1. The highest BCUT2D eigenvalue weighted by molar-refractivity contribution is 5.33. The molecule has 0 saturated carbocycles. The predicted molar refractivity (Wildman–Crippen MR) is 51.4 cm³/mol. The Bertz CT molecular complexity index is 344. The molecule has 1 N–H and O–H groups in total. The Labute approximate surface area is 86.5 Å². The third-order valence-corrected chi connectivity index (χ3v) is 2.34. The fourth-order valence-corrected chi connectivity index (χ4v) is 1.45. The van der Waals surface area contributed by atoms with Crippen molar-refractivity contribution < 1.29 is 18.3 Å². The molecule has 0 aliphatic heterocycles. The summed E-state index contributed by atoms with van der Waals surface area (Å²) in [5.41, 5.74) is 0.358. The molecule has 1 rings (SSSR count). The van der Waals surface area contributed by atoms with Crippen LogP contribution in [0.4, 0.5) is 13.2 Å². The highest BCUT2D eigenvalue weighted by Crippen LogP contribution is 2.32. The molecule has 0 amide bonds. The van der Waals surface area contributed by atoms with Crippen LogP contribution in [0.5, 0.6) is 0 Å². The van der Waals surface area contributed by atoms with Crippen molar-refractivity contribution in [1.82, 2.24) is 0 Å². The van der Waals surface area contributed by atoms with Gasteiger partial charge in [-0.15, -0.1) is 0 Å². The van der Waals surface area contributed by atoms with Gasteiger partial charge in [0.15, 0.2) is 0 Å². The maximum Gasteiger partial charge on any atom is 0.416 e. The van der Waals surface area contributed by atoms with E-state index in [9.17, 15) is 18.3 Å². The Kier molecular flexibility index (Phi) is 3.39. The monoisotopic (exact) mass is 218 g/mol. The number of aliphatic hydroxyl groups excluding tert-OH is 1. The molecule has 4 heteroatoms. The van der Waals surface area contributed by atoms with Crippen molar-refractivity contribution in [2.45, 2.75) is 32.5 Å². The Hall–Kier alpha value is -1.03. The van der Waals surface area contributed by atoms with Crippen molar-refractivity contribution in [2.24, 2.45) is 0 Å². The summed E-state index contributed by atoms with van der Waals surface area (Å²) >= 11 is 0. The van der Waals surface area contributed by atoms with Gasteiger partial charge in [-0.3, -0.25) is 0 Å². The number of alkyl halides is 3. The average molecular weight is 218 g/mol. The van der Waals surface area contributed by atoms with Gasteiger partial charge in [0, 0.05) is 0 Å². The van der Waals surface area contributed by atoms with E-state index < -0.39 is 17.8 Å². The van der Waals surface area contributed by atoms with Gasteiger partial charge in [0.1, 0.15) is 0 Å². The highest BCUT2D eigenvalue weighted by Gasteiger charge is 2.30. The van der Waals surface area contributed by atoms with Crippen LogP contribution in [0, 0.1) is 6.92 Å². The smallest absolute Gasteiger partial charge is 0.388 e. The van der Waals surface area contributed by atoms with Crippen molar-refractivity contribution in [1.29, 1.82) is 0 Å². The van der Waals surface area contributed by atoms with Crippen molar-refractivity contribution in [3.05, 3.63) is 34.9 Å². The van der Waals surface area contributed by atoms with Crippen LogP contribution in [0.2, 0.25) is 0 Å². The quantitative estimate of drug-likeness (QED) is 0.806. The molecule has 15 heavy (non-hydrogen) atoms. The number of rotatable bonds is 2. The van der Waals surface area contributed by atoms with Crippen LogP contribution >= 0.6 is 0 Å². The molecule has 0 aliphatic carbocycles. The van der Waals surface area contributed by atoms with E-state index in [-0.39, 0.29) is 0 Å². The van der Waals surface area contributed by atoms with E-state index in [0.717, 1.165) is 12.1 Å². The maximum atomic E-state index is 12.3. The zero-order valence-corrected chi connectivity index (χ0v) is 8.60. The minimum absolute atomic E-state index is 0.471. The molecule has 0 bridgehead atoms. The van der Waals surface area contributed by atoms with Gasteiger partial charge >= 0.3 is 6.18 Å². The maximum absolute atomic E-state index is 12.3. The van der Waals surface area contributed by atoms with Crippen LogP contribution in [0.15, 0.2) is 18.2 Å². The lowest BCUT2D eigenvalue weighted by atomic mass is 9.99. The molecule has 0 aromatic heterocycles. The van der Waals surface area contributed by atoms with Gasteiger partial charge in [0.25, 0.3) is 0 Å². The first-order chi connectivity index (χ1) is 6.86. The zero-order valence-electron chi connectivity index (χ0n) is 8.60. The van der Waals surface area contributed by atoms with E-state index in [1.165, 1.54) is 6.07 Å². The Morgan fingerprint density at radius 2 is 1.93 bits per heavy atom. The molecule has 1 atom stereocenters. The van der Waals surface area contributed by atoms with Gasteiger partial charge in [0.05, 0.1) is 11.7 Å². The van der Waals surface area contributed by atoms with Crippen molar-refractivity contribution in [3.8, 4) is 0 Å². The topological polar surface area (TPSA) is 20.2 Å². The second kappa shape index (κ2) is 4.23. The standard InChI is InChI=1S/C11H13F3O/c1-3-10(15)9-5-4-8(6-7(9)2)11(12,13)14/h4-6,10,15H,3H2,1-2H3. The Morgan fingerprint density at radius 3 is 2.33 bits per heavy atom. The molecule has 0 heterocycles. The Balaban J connectivity index is 3.09. The molecular formula is C11H13F3O. The first kappa shape index (κ1) is 12.0. The van der Waals surface area contributed by atoms with Gasteiger partial charge < -0.3 is 5.11 Å². The van der Waals surface area contributed by atoms with Gasteiger partial charge in [0.2, 0.25) is 0 Å². The number of halogens is 3. The van der Waals surface area contributed by atoms with E-state index in [0.29, 0.717) is 17.5 Å². The third kappa shape index (κ3) is 2.72. The minimum Gasteiger partial charge on any atom is -0.388 e. The summed E-state index contributed by atoms with van der Waals surface area (Å²) < 4.78 is 37.0. The lowest BCUT2D eigenvalue weighted by Gasteiger charge is -2.14. The molecule has 84 valence electrons. The molecule has 0 spiro atoms. The normalized spacial score (nSPS) is 14.0. The van der Waals surface area contributed by atoms with Crippen LogP contribution < -0.4 is 0 Å². The fraction of sp³-hybridized carbons (Fsp3) is 0.455. The van der Waals surface area contributed by atoms with Gasteiger partial charge in [-0.25, -0.2) is 0 Å². The second-order valence-corrected chi connectivity index (χ2v) is 3.49. The first-order valence-corrected chi connectivity index (χ1v) is 4.72. The van der Waals surface area contributed by atoms with E-state index in [1.54, 1.807) is 13.8 Å². The molecule has 0 radical (unpaired) electrons. The van der Waals surface area contributed by atoms with E-state index in [4.69, 9.17) is 0 Å². The van der Waals surface area contributed by atoms with Crippen molar-refractivity contribution in [2.75, 3.05) is 0 Å². The molecule has 1 aromatic rings. The summed E-state index contributed by atoms with van der Waals surface area (Å²) in [5.74, 6) is 0. The lowest BCUT2D eigenvalue weighted by Crippen LogP contribution is -2.07. The summed E-state index contributed by atoms with van der Waals surface area (Å²) in [6.07, 6.45) is -4.51. The Morgan fingerprint density at radius 1 is 1.33 bits per heavy atom. The molecule has 0 fully saturated rings. The molecule has 1 unspecified atom stereocenters. The van der Waals surface area contributed by atoms with Crippen LogP contribution in [0.25, 0.3) is 0 Å². The third-order valence-electron chi connectivity index (χ3n) is 2.34. The van der Waals surface area contributed by atoms with Crippen LogP contribution in [0.1, 0.15) is 36.1 Å². The van der Waals surface area contributed by atoms with Crippen molar-refractivity contribution >= 4 is 0 Å². The first-order valence-electron chi connectivity index (χ1n) is 4.72. The number of hydrogen-bond donors (Lipinski definition) is 1. The summed E-state index contributed by atoms with van der Waals surface area (Å²) in [6.45, 7) is 3.35. The van der Waals surface area contributed by atoms with Crippen LogP contribution in [-0.4, -0.2) is 5.11 Å². The summed E-state index contributed by atoms with van der Waals surface area (Å²) in [6, 6.07) is 3.40. The molecule has 0 saturated heterocycles. The number of hydrogen-bond acceptors (Lipinski definition) is 1. The van der Waals surface area contributed by atoms with E-state index in [1.807, 2.05) is 0 Å². The summed E-state index contributed by atoms with van der Waals surface area (Å²) in [4.78, 5) is 0. The van der Waals surface area contributed by atoms with E-state index >= 15 is 0 Å².